The van der Waals surface area contributed by atoms with Crippen LogP contribution in [0.1, 0.15) is 35.0 Å². The average molecular weight is 413 g/mol. The molecule has 1 amide bonds. The summed E-state index contributed by atoms with van der Waals surface area (Å²) >= 11 is 1.29. The number of anilines is 1. The van der Waals surface area contributed by atoms with Gasteiger partial charge in [0, 0.05) is 10.4 Å². The second-order valence-corrected chi connectivity index (χ2v) is 8.03. The predicted octanol–water partition coefficient (Wildman–Crippen LogP) is 4.51. The van der Waals surface area contributed by atoms with Gasteiger partial charge in [-0.25, -0.2) is 4.79 Å². The highest BCUT2D eigenvalue weighted by molar-refractivity contribution is 7.17. The molecule has 0 saturated heterocycles. The number of aliphatic carboxylic acids is 1. The van der Waals surface area contributed by atoms with Crippen LogP contribution in [0.15, 0.2) is 42.5 Å². The van der Waals surface area contributed by atoms with Gasteiger partial charge in [0.1, 0.15) is 10.6 Å². The van der Waals surface area contributed by atoms with E-state index < -0.39 is 29.7 Å². The lowest BCUT2D eigenvalue weighted by atomic mass is 9.82. The number of allylic oxidation sites excluding steroid dienone is 2. The summed E-state index contributed by atoms with van der Waals surface area (Å²) in [5, 5.41) is 12.7. The largest absolute Gasteiger partial charge is 0.481 e. The number of carbonyl (C=O) groups excluding carboxylic acids is 2. The number of thiophene rings is 1. The average Bonchev–Trinajstić information content (AvgIpc) is 3.04. The summed E-state index contributed by atoms with van der Waals surface area (Å²) in [6, 6.07) is 9.45. The van der Waals surface area contributed by atoms with Crippen molar-refractivity contribution in [1.82, 2.24) is 0 Å². The molecule has 1 aliphatic carbocycles. The number of carbonyl (C=O) groups is 3. The van der Waals surface area contributed by atoms with Gasteiger partial charge in [0.15, 0.2) is 0 Å². The Hall–Kier alpha value is -2.93. The smallest absolute Gasteiger partial charge is 0.341 e. The van der Waals surface area contributed by atoms with Crippen molar-refractivity contribution < 1.29 is 24.2 Å². The molecule has 2 N–H and O–H groups in total. The lowest BCUT2D eigenvalue weighted by Crippen LogP contribution is -2.34. The minimum atomic E-state index is -0.993. The van der Waals surface area contributed by atoms with Crippen LogP contribution in [0.5, 0.6) is 0 Å². The molecule has 29 heavy (non-hydrogen) atoms. The molecule has 1 aliphatic rings. The van der Waals surface area contributed by atoms with Gasteiger partial charge in [-0.05, 0) is 32.3 Å². The highest BCUT2D eigenvalue weighted by Gasteiger charge is 2.35. The summed E-state index contributed by atoms with van der Waals surface area (Å²) in [6.45, 7) is 3.82. The molecule has 0 radical (unpaired) electrons. The van der Waals surface area contributed by atoms with Crippen molar-refractivity contribution in [1.29, 1.82) is 0 Å². The molecule has 3 rings (SSSR count). The van der Waals surface area contributed by atoms with E-state index in [1.54, 1.807) is 13.0 Å². The zero-order chi connectivity index (χ0) is 21.0. The van der Waals surface area contributed by atoms with Gasteiger partial charge in [-0.2, -0.15) is 0 Å². The van der Waals surface area contributed by atoms with E-state index in [1.807, 2.05) is 43.3 Å². The standard InChI is InChI=1S/C22H23NO5S/c1-3-28-22(27)18-17(14-9-5-4-6-10-14)13(2)29-20(18)23-19(24)15-11-7-8-12-16(15)21(25)26/h4-10,15-16H,3,11-12H2,1-2H3,(H,23,24)(H,25,26)/t15-,16-/m1/s1. The van der Waals surface area contributed by atoms with Gasteiger partial charge in [0.25, 0.3) is 0 Å². The van der Waals surface area contributed by atoms with E-state index in [9.17, 15) is 19.5 Å². The van der Waals surface area contributed by atoms with Crippen LogP contribution in [0, 0.1) is 18.8 Å². The third-order valence-electron chi connectivity index (χ3n) is 4.95. The number of benzene rings is 1. The molecule has 7 heteroatoms. The van der Waals surface area contributed by atoms with Crippen molar-refractivity contribution >= 4 is 34.2 Å². The molecule has 2 atom stereocenters. The highest BCUT2D eigenvalue weighted by Crippen LogP contribution is 2.41. The maximum atomic E-state index is 12.9. The number of ether oxygens (including phenoxy) is 1. The summed E-state index contributed by atoms with van der Waals surface area (Å²) in [5.74, 6) is -3.36. The van der Waals surface area contributed by atoms with Gasteiger partial charge < -0.3 is 15.2 Å². The first-order valence-corrected chi connectivity index (χ1v) is 10.3. The van der Waals surface area contributed by atoms with Crippen molar-refractivity contribution in [3.8, 4) is 11.1 Å². The third-order valence-corrected chi connectivity index (χ3v) is 5.97. The number of amides is 1. The Labute approximate surface area is 173 Å². The molecule has 152 valence electrons. The van der Waals surface area contributed by atoms with E-state index in [1.165, 1.54) is 11.3 Å². The molecule has 0 unspecified atom stereocenters. The molecule has 1 heterocycles. The fourth-order valence-corrected chi connectivity index (χ4v) is 4.63. The molecule has 0 spiro atoms. The van der Waals surface area contributed by atoms with Gasteiger partial charge in [0.2, 0.25) is 5.91 Å². The summed E-state index contributed by atoms with van der Waals surface area (Å²) in [5.41, 5.74) is 1.89. The van der Waals surface area contributed by atoms with E-state index in [2.05, 4.69) is 5.32 Å². The molecular weight excluding hydrogens is 390 g/mol. The number of hydrogen-bond acceptors (Lipinski definition) is 5. The first-order valence-electron chi connectivity index (χ1n) is 9.48. The molecule has 1 aromatic carbocycles. The van der Waals surface area contributed by atoms with Gasteiger partial charge in [-0.1, -0.05) is 42.5 Å². The van der Waals surface area contributed by atoms with Crippen LogP contribution in [0.2, 0.25) is 0 Å². The van der Waals surface area contributed by atoms with Gasteiger partial charge in [-0.15, -0.1) is 11.3 Å². The Morgan fingerprint density at radius 1 is 1.14 bits per heavy atom. The number of hydrogen-bond donors (Lipinski definition) is 2. The second kappa shape index (κ2) is 9.05. The SMILES string of the molecule is CCOC(=O)c1c(NC(=O)[C@@H]2CC=CC[C@H]2C(=O)O)sc(C)c1-c1ccccc1. The maximum absolute atomic E-state index is 12.9. The Morgan fingerprint density at radius 2 is 1.79 bits per heavy atom. The predicted molar refractivity (Wildman–Crippen MR) is 112 cm³/mol. The summed E-state index contributed by atoms with van der Waals surface area (Å²) in [7, 11) is 0. The highest BCUT2D eigenvalue weighted by atomic mass is 32.1. The lowest BCUT2D eigenvalue weighted by molar-refractivity contribution is -0.146. The number of nitrogens with one attached hydrogen (secondary N) is 1. The van der Waals surface area contributed by atoms with Gasteiger partial charge >= 0.3 is 11.9 Å². The first kappa shape index (κ1) is 20.8. The van der Waals surface area contributed by atoms with E-state index in [-0.39, 0.29) is 6.61 Å². The monoisotopic (exact) mass is 413 g/mol. The number of esters is 1. The van der Waals surface area contributed by atoms with Crippen LogP contribution in [-0.2, 0) is 14.3 Å². The van der Waals surface area contributed by atoms with Crippen molar-refractivity contribution in [2.75, 3.05) is 11.9 Å². The van der Waals surface area contributed by atoms with E-state index in [0.717, 1.165) is 16.0 Å². The topological polar surface area (TPSA) is 92.7 Å². The fourth-order valence-electron chi connectivity index (χ4n) is 3.56. The second-order valence-electron chi connectivity index (χ2n) is 6.81. The molecule has 1 aromatic heterocycles. The molecule has 0 fully saturated rings. The van der Waals surface area contributed by atoms with E-state index in [0.29, 0.717) is 23.4 Å². The van der Waals surface area contributed by atoms with Crippen LogP contribution < -0.4 is 5.32 Å². The Kier molecular flexibility index (Phi) is 6.49. The van der Waals surface area contributed by atoms with Crippen molar-refractivity contribution in [2.24, 2.45) is 11.8 Å². The molecule has 2 aromatic rings. The van der Waals surface area contributed by atoms with E-state index in [4.69, 9.17) is 4.74 Å². The van der Waals surface area contributed by atoms with Crippen molar-refractivity contribution in [3.05, 3.63) is 52.9 Å². The molecule has 0 aliphatic heterocycles. The minimum Gasteiger partial charge on any atom is -0.481 e. The quantitative estimate of drug-likeness (QED) is 0.537. The van der Waals surface area contributed by atoms with Crippen LogP contribution in [-0.4, -0.2) is 29.6 Å². The number of aryl methyl sites for hydroxylation is 1. The first-order chi connectivity index (χ1) is 13.9. The minimum absolute atomic E-state index is 0.212. The number of rotatable bonds is 6. The number of carboxylic acids is 1. The third kappa shape index (κ3) is 4.40. The fraction of sp³-hybridized carbons (Fsp3) is 0.318. The normalized spacial score (nSPS) is 18.3. The zero-order valence-electron chi connectivity index (χ0n) is 16.3. The zero-order valence-corrected chi connectivity index (χ0v) is 17.1. The van der Waals surface area contributed by atoms with Crippen LogP contribution >= 0.6 is 11.3 Å². The number of carboxylic acid groups (broad SMARTS) is 1. The van der Waals surface area contributed by atoms with Gasteiger partial charge in [0.05, 0.1) is 18.4 Å². The maximum Gasteiger partial charge on any atom is 0.341 e. The molecule has 6 nitrogen and oxygen atoms in total. The molecule has 0 bridgehead atoms. The molecule has 0 saturated carbocycles. The van der Waals surface area contributed by atoms with Crippen LogP contribution in [0.25, 0.3) is 11.1 Å². The van der Waals surface area contributed by atoms with E-state index >= 15 is 0 Å². The van der Waals surface area contributed by atoms with Crippen molar-refractivity contribution in [3.63, 3.8) is 0 Å². The van der Waals surface area contributed by atoms with Crippen LogP contribution in [0.3, 0.4) is 0 Å². The van der Waals surface area contributed by atoms with Crippen LogP contribution in [0.4, 0.5) is 5.00 Å². The van der Waals surface area contributed by atoms with Crippen molar-refractivity contribution in [2.45, 2.75) is 26.7 Å². The Morgan fingerprint density at radius 3 is 2.41 bits per heavy atom. The Balaban J connectivity index is 1.99. The van der Waals surface area contributed by atoms with Gasteiger partial charge in [-0.3, -0.25) is 9.59 Å². The molecular formula is C22H23NO5S. The summed E-state index contributed by atoms with van der Waals surface area (Å²) in [6.07, 6.45) is 4.28. The lowest BCUT2D eigenvalue weighted by Gasteiger charge is -2.24. The summed E-state index contributed by atoms with van der Waals surface area (Å²) in [4.78, 5) is 38.1. The Bertz CT molecular complexity index is 948. The summed E-state index contributed by atoms with van der Waals surface area (Å²) < 4.78 is 5.24.